The van der Waals surface area contributed by atoms with Gasteiger partial charge in [-0.25, -0.2) is 4.98 Å². The van der Waals surface area contributed by atoms with E-state index in [2.05, 4.69) is 30.9 Å². The number of anilines is 1. The summed E-state index contributed by atoms with van der Waals surface area (Å²) in [7, 11) is 0. The Bertz CT molecular complexity index is 617. The van der Waals surface area contributed by atoms with Crippen LogP contribution in [-0.2, 0) is 0 Å². The highest BCUT2D eigenvalue weighted by molar-refractivity contribution is 7.09. The van der Waals surface area contributed by atoms with E-state index < -0.39 is 0 Å². The van der Waals surface area contributed by atoms with Crippen molar-refractivity contribution < 1.29 is 0 Å². The Hall–Kier alpha value is -2.09. The SMILES string of the molecule is CC(Nc1ccc2nnnn2n1)c1nccs1. The zero-order valence-corrected chi connectivity index (χ0v) is 9.79. The van der Waals surface area contributed by atoms with E-state index in [1.54, 1.807) is 17.5 Å². The van der Waals surface area contributed by atoms with Crippen molar-refractivity contribution in [2.24, 2.45) is 0 Å². The van der Waals surface area contributed by atoms with Crippen molar-refractivity contribution in [3.8, 4) is 0 Å². The second-order valence-corrected chi connectivity index (χ2v) is 4.41. The average Bonchev–Trinajstić information content (AvgIpc) is 2.99. The van der Waals surface area contributed by atoms with E-state index in [1.807, 2.05) is 24.4 Å². The second kappa shape index (κ2) is 4.06. The van der Waals surface area contributed by atoms with E-state index in [0.29, 0.717) is 11.5 Å². The van der Waals surface area contributed by atoms with Crippen molar-refractivity contribution in [2.75, 3.05) is 5.32 Å². The lowest BCUT2D eigenvalue weighted by molar-refractivity contribution is 0.727. The lowest BCUT2D eigenvalue weighted by Gasteiger charge is -2.10. The number of tetrazole rings is 1. The maximum Gasteiger partial charge on any atom is 0.200 e. The molecule has 1 unspecified atom stereocenters. The minimum absolute atomic E-state index is 0.108. The van der Waals surface area contributed by atoms with Crippen LogP contribution in [0.25, 0.3) is 5.65 Å². The Morgan fingerprint density at radius 1 is 1.41 bits per heavy atom. The Morgan fingerprint density at radius 3 is 3.18 bits per heavy atom. The molecule has 0 bridgehead atoms. The Balaban J connectivity index is 1.84. The number of rotatable bonds is 3. The first kappa shape index (κ1) is 10.1. The number of nitrogens with one attached hydrogen (secondary N) is 1. The van der Waals surface area contributed by atoms with Crippen molar-refractivity contribution in [2.45, 2.75) is 13.0 Å². The van der Waals surface area contributed by atoms with Crippen molar-refractivity contribution in [3.05, 3.63) is 28.7 Å². The highest BCUT2D eigenvalue weighted by atomic mass is 32.1. The maximum absolute atomic E-state index is 4.25. The fraction of sp³-hybridized carbons (Fsp3) is 0.222. The van der Waals surface area contributed by atoms with Crippen molar-refractivity contribution in [3.63, 3.8) is 0 Å². The van der Waals surface area contributed by atoms with Crippen LogP contribution in [0.3, 0.4) is 0 Å². The summed E-state index contributed by atoms with van der Waals surface area (Å²) in [5, 5.41) is 21.5. The van der Waals surface area contributed by atoms with Gasteiger partial charge in [-0.05, 0) is 29.5 Å². The summed E-state index contributed by atoms with van der Waals surface area (Å²) in [5.74, 6) is 0.715. The summed E-state index contributed by atoms with van der Waals surface area (Å²) < 4.78 is 1.39. The summed E-state index contributed by atoms with van der Waals surface area (Å²) in [6.07, 6.45) is 1.79. The molecule has 0 aliphatic carbocycles. The normalized spacial score (nSPS) is 12.8. The van der Waals surface area contributed by atoms with Gasteiger partial charge >= 0.3 is 0 Å². The van der Waals surface area contributed by atoms with Crippen LogP contribution in [0.15, 0.2) is 23.7 Å². The molecule has 8 heteroatoms. The highest BCUT2D eigenvalue weighted by Crippen LogP contribution is 2.19. The molecule has 0 aliphatic heterocycles. The molecule has 0 amide bonds. The molecule has 3 rings (SSSR count). The summed E-state index contributed by atoms with van der Waals surface area (Å²) in [5.41, 5.74) is 0.623. The summed E-state index contributed by atoms with van der Waals surface area (Å²) in [6.45, 7) is 2.03. The third-order valence-corrected chi connectivity index (χ3v) is 3.21. The maximum atomic E-state index is 4.25. The van der Waals surface area contributed by atoms with E-state index >= 15 is 0 Å². The number of thiazole rings is 1. The first-order valence-corrected chi connectivity index (χ1v) is 5.92. The smallest absolute Gasteiger partial charge is 0.200 e. The van der Waals surface area contributed by atoms with Gasteiger partial charge in [0.15, 0.2) is 5.65 Å². The molecule has 0 saturated heterocycles. The molecule has 3 aromatic heterocycles. The minimum Gasteiger partial charge on any atom is -0.360 e. The monoisotopic (exact) mass is 247 g/mol. The highest BCUT2D eigenvalue weighted by Gasteiger charge is 2.09. The van der Waals surface area contributed by atoms with Crippen molar-refractivity contribution >= 4 is 22.8 Å². The minimum atomic E-state index is 0.108. The molecule has 0 spiro atoms. The number of nitrogens with zero attached hydrogens (tertiary/aromatic N) is 6. The van der Waals surface area contributed by atoms with Crippen molar-refractivity contribution in [1.29, 1.82) is 0 Å². The first-order valence-electron chi connectivity index (χ1n) is 5.04. The van der Waals surface area contributed by atoms with Gasteiger partial charge < -0.3 is 5.32 Å². The average molecular weight is 247 g/mol. The third kappa shape index (κ3) is 1.94. The molecule has 1 atom stereocenters. The van der Waals surface area contributed by atoms with Crippen LogP contribution in [-0.4, -0.2) is 30.2 Å². The first-order chi connectivity index (χ1) is 8.33. The van der Waals surface area contributed by atoms with E-state index in [1.165, 1.54) is 4.63 Å². The lowest BCUT2D eigenvalue weighted by Crippen LogP contribution is -2.09. The van der Waals surface area contributed by atoms with Gasteiger partial charge in [0.05, 0.1) is 6.04 Å². The third-order valence-electron chi connectivity index (χ3n) is 2.26. The van der Waals surface area contributed by atoms with Crippen molar-refractivity contribution in [1.82, 2.24) is 30.2 Å². The van der Waals surface area contributed by atoms with Crippen LogP contribution >= 0.6 is 11.3 Å². The predicted molar refractivity (Wildman–Crippen MR) is 62.7 cm³/mol. The fourth-order valence-electron chi connectivity index (χ4n) is 1.46. The predicted octanol–water partition coefficient (Wildman–Crippen LogP) is 1.15. The molecule has 17 heavy (non-hydrogen) atoms. The lowest BCUT2D eigenvalue weighted by atomic mass is 10.3. The van der Waals surface area contributed by atoms with Crippen LogP contribution in [0.4, 0.5) is 5.82 Å². The zero-order chi connectivity index (χ0) is 11.7. The molecule has 7 nitrogen and oxygen atoms in total. The fourth-order valence-corrected chi connectivity index (χ4v) is 2.10. The molecule has 0 radical (unpaired) electrons. The van der Waals surface area contributed by atoms with Gasteiger partial charge in [0.1, 0.15) is 10.8 Å². The Kier molecular flexibility index (Phi) is 2.41. The van der Waals surface area contributed by atoms with E-state index in [0.717, 1.165) is 5.01 Å². The molecule has 0 saturated carbocycles. The van der Waals surface area contributed by atoms with Gasteiger partial charge in [0.25, 0.3) is 0 Å². The van der Waals surface area contributed by atoms with Gasteiger partial charge in [0, 0.05) is 11.6 Å². The number of aromatic nitrogens is 6. The van der Waals surface area contributed by atoms with Crippen LogP contribution in [0.1, 0.15) is 18.0 Å². The topological polar surface area (TPSA) is 80.9 Å². The molecule has 0 aliphatic rings. The number of hydrogen-bond donors (Lipinski definition) is 1. The van der Waals surface area contributed by atoms with Crippen LogP contribution in [0, 0.1) is 0 Å². The quantitative estimate of drug-likeness (QED) is 0.747. The molecular weight excluding hydrogens is 238 g/mol. The molecular formula is C9H9N7S. The Labute approximate surface area is 100 Å². The van der Waals surface area contributed by atoms with Gasteiger partial charge in [-0.3, -0.25) is 0 Å². The molecule has 0 aromatic carbocycles. The summed E-state index contributed by atoms with van der Waals surface area (Å²) >= 11 is 1.61. The molecule has 0 fully saturated rings. The van der Waals surface area contributed by atoms with Gasteiger partial charge in [0.2, 0.25) is 0 Å². The van der Waals surface area contributed by atoms with E-state index in [4.69, 9.17) is 0 Å². The van der Waals surface area contributed by atoms with E-state index in [9.17, 15) is 0 Å². The van der Waals surface area contributed by atoms with Gasteiger partial charge in [-0.2, -0.15) is 0 Å². The van der Waals surface area contributed by atoms with Gasteiger partial charge in [-0.1, -0.05) is 0 Å². The molecule has 3 heterocycles. The van der Waals surface area contributed by atoms with Gasteiger partial charge in [-0.15, -0.1) is 26.2 Å². The Morgan fingerprint density at radius 2 is 2.35 bits per heavy atom. The second-order valence-electron chi connectivity index (χ2n) is 3.48. The molecule has 86 valence electrons. The molecule has 1 N–H and O–H groups in total. The number of fused-ring (bicyclic) bond motifs is 1. The van der Waals surface area contributed by atoms with Crippen LogP contribution < -0.4 is 5.32 Å². The zero-order valence-electron chi connectivity index (χ0n) is 8.98. The van der Waals surface area contributed by atoms with Crippen LogP contribution in [0.2, 0.25) is 0 Å². The van der Waals surface area contributed by atoms with Crippen LogP contribution in [0.5, 0.6) is 0 Å². The largest absolute Gasteiger partial charge is 0.360 e. The van der Waals surface area contributed by atoms with E-state index in [-0.39, 0.29) is 6.04 Å². The standard InChI is InChI=1S/C9H9N7S/c1-6(9-10-4-5-17-9)11-7-2-3-8-12-14-15-16(8)13-7/h2-6H,1H3,(H,11,13). The summed E-state index contributed by atoms with van der Waals surface area (Å²) in [6, 6.07) is 3.76. The molecule has 3 aromatic rings. The summed E-state index contributed by atoms with van der Waals surface area (Å²) in [4.78, 5) is 4.25. The number of hydrogen-bond acceptors (Lipinski definition) is 7.